The lowest BCUT2D eigenvalue weighted by molar-refractivity contribution is 0.103. The van der Waals surface area contributed by atoms with Crippen LogP contribution in [0.3, 0.4) is 0 Å². The molecule has 1 aromatic heterocycles. The number of carbonyl (C=O) groups is 1. The van der Waals surface area contributed by atoms with Gasteiger partial charge in [-0.1, -0.05) is 36.4 Å². The van der Waals surface area contributed by atoms with Gasteiger partial charge in [0.2, 0.25) is 5.78 Å². The second-order valence-electron chi connectivity index (χ2n) is 5.53. The third kappa shape index (κ3) is 3.60. The topological polar surface area (TPSA) is 70.4 Å². The maximum Gasteiger partial charge on any atom is 0.211 e. The zero-order valence-electron chi connectivity index (χ0n) is 13.0. The average molecular weight is 319 g/mol. The first-order chi connectivity index (χ1) is 11.6. The SMILES string of the molecule is O=C(c1ccc(O)c(O)c1)c1cccc(CCc2ccccc2)n1. The van der Waals surface area contributed by atoms with Crippen LogP contribution in [0.5, 0.6) is 11.5 Å². The lowest BCUT2D eigenvalue weighted by Crippen LogP contribution is -2.06. The van der Waals surface area contributed by atoms with Crippen molar-refractivity contribution in [2.24, 2.45) is 0 Å². The number of phenolic OH excluding ortho intramolecular Hbond substituents is 2. The highest BCUT2D eigenvalue weighted by Crippen LogP contribution is 2.25. The zero-order valence-corrected chi connectivity index (χ0v) is 13.0. The fourth-order valence-electron chi connectivity index (χ4n) is 2.47. The molecule has 0 fully saturated rings. The molecule has 3 rings (SSSR count). The third-order valence-electron chi connectivity index (χ3n) is 3.79. The second kappa shape index (κ2) is 6.96. The summed E-state index contributed by atoms with van der Waals surface area (Å²) >= 11 is 0. The molecular weight excluding hydrogens is 302 g/mol. The average Bonchev–Trinajstić information content (AvgIpc) is 2.63. The van der Waals surface area contributed by atoms with Crippen LogP contribution in [0.1, 0.15) is 27.3 Å². The largest absolute Gasteiger partial charge is 0.504 e. The number of pyridine rings is 1. The number of benzene rings is 2. The van der Waals surface area contributed by atoms with E-state index < -0.39 is 0 Å². The van der Waals surface area contributed by atoms with Gasteiger partial charge in [-0.15, -0.1) is 0 Å². The van der Waals surface area contributed by atoms with Crippen LogP contribution in [0.25, 0.3) is 0 Å². The number of nitrogens with zero attached hydrogens (tertiary/aromatic N) is 1. The van der Waals surface area contributed by atoms with Crippen molar-refractivity contribution in [1.29, 1.82) is 0 Å². The summed E-state index contributed by atoms with van der Waals surface area (Å²) in [6, 6.07) is 19.5. The van der Waals surface area contributed by atoms with E-state index in [0.29, 0.717) is 5.69 Å². The van der Waals surface area contributed by atoms with Crippen molar-refractivity contribution in [3.63, 3.8) is 0 Å². The van der Waals surface area contributed by atoms with E-state index in [-0.39, 0.29) is 22.8 Å². The van der Waals surface area contributed by atoms with Gasteiger partial charge in [0.25, 0.3) is 0 Å². The molecule has 2 N–H and O–H groups in total. The van der Waals surface area contributed by atoms with E-state index in [9.17, 15) is 15.0 Å². The van der Waals surface area contributed by atoms with Crippen LogP contribution < -0.4 is 0 Å². The summed E-state index contributed by atoms with van der Waals surface area (Å²) in [6.45, 7) is 0. The van der Waals surface area contributed by atoms with Crippen molar-refractivity contribution in [3.8, 4) is 11.5 Å². The number of ketones is 1. The number of hydrogen-bond donors (Lipinski definition) is 2. The number of aromatic hydroxyl groups is 2. The fraction of sp³-hybridized carbons (Fsp3) is 0.100. The fourth-order valence-corrected chi connectivity index (χ4v) is 2.47. The van der Waals surface area contributed by atoms with Gasteiger partial charge in [-0.2, -0.15) is 0 Å². The second-order valence-corrected chi connectivity index (χ2v) is 5.53. The number of aromatic nitrogens is 1. The van der Waals surface area contributed by atoms with Gasteiger partial charge in [0.15, 0.2) is 11.5 Å². The lowest BCUT2D eigenvalue weighted by Gasteiger charge is -2.06. The monoisotopic (exact) mass is 319 g/mol. The molecule has 0 amide bonds. The minimum Gasteiger partial charge on any atom is -0.504 e. The highest BCUT2D eigenvalue weighted by molar-refractivity contribution is 6.08. The lowest BCUT2D eigenvalue weighted by atomic mass is 10.1. The molecule has 0 aliphatic carbocycles. The molecule has 0 aliphatic heterocycles. The third-order valence-corrected chi connectivity index (χ3v) is 3.79. The molecule has 24 heavy (non-hydrogen) atoms. The summed E-state index contributed by atoms with van der Waals surface area (Å²) in [5.74, 6) is -0.857. The first-order valence-corrected chi connectivity index (χ1v) is 7.70. The Hall–Kier alpha value is -3.14. The molecular formula is C20H17NO3. The Morgan fingerprint density at radius 1 is 0.833 bits per heavy atom. The summed E-state index contributed by atoms with van der Waals surface area (Å²) in [7, 11) is 0. The van der Waals surface area contributed by atoms with Crippen LogP contribution in [-0.4, -0.2) is 21.0 Å². The maximum atomic E-state index is 12.5. The molecule has 0 unspecified atom stereocenters. The van der Waals surface area contributed by atoms with E-state index >= 15 is 0 Å². The summed E-state index contributed by atoms with van der Waals surface area (Å²) in [5, 5.41) is 18.9. The van der Waals surface area contributed by atoms with Crippen molar-refractivity contribution >= 4 is 5.78 Å². The first-order valence-electron chi connectivity index (χ1n) is 7.70. The predicted octanol–water partition coefficient (Wildman–Crippen LogP) is 3.51. The Morgan fingerprint density at radius 2 is 1.62 bits per heavy atom. The van der Waals surface area contributed by atoms with E-state index in [2.05, 4.69) is 17.1 Å². The number of carbonyl (C=O) groups excluding carboxylic acids is 1. The van der Waals surface area contributed by atoms with Crippen molar-refractivity contribution in [1.82, 2.24) is 4.98 Å². The predicted molar refractivity (Wildman–Crippen MR) is 91.3 cm³/mol. The van der Waals surface area contributed by atoms with Crippen molar-refractivity contribution in [2.45, 2.75) is 12.8 Å². The zero-order chi connectivity index (χ0) is 16.9. The quantitative estimate of drug-likeness (QED) is 0.558. The van der Waals surface area contributed by atoms with Crippen LogP contribution in [0.15, 0.2) is 66.7 Å². The Kier molecular flexibility index (Phi) is 4.57. The minimum absolute atomic E-state index is 0.254. The maximum absolute atomic E-state index is 12.5. The molecule has 2 aromatic carbocycles. The first kappa shape index (κ1) is 15.7. The normalized spacial score (nSPS) is 10.5. The number of phenols is 2. The molecule has 0 bridgehead atoms. The number of rotatable bonds is 5. The summed E-state index contributed by atoms with van der Waals surface area (Å²) < 4.78 is 0. The Balaban J connectivity index is 1.77. The van der Waals surface area contributed by atoms with Crippen LogP contribution in [0, 0.1) is 0 Å². The van der Waals surface area contributed by atoms with Crippen LogP contribution in [-0.2, 0) is 12.8 Å². The summed E-state index contributed by atoms with van der Waals surface area (Å²) in [6.07, 6.45) is 1.59. The van der Waals surface area contributed by atoms with Gasteiger partial charge in [0.05, 0.1) is 0 Å². The van der Waals surface area contributed by atoms with Gasteiger partial charge < -0.3 is 10.2 Å². The Labute approximate surface area is 140 Å². The molecule has 0 atom stereocenters. The number of aryl methyl sites for hydroxylation is 2. The molecule has 4 heteroatoms. The van der Waals surface area contributed by atoms with Crippen molar-refractivity contribution in [2.75, 3.05) is 0 Å². The van der Waals surface area contributed by atoms with Gasteiger partial charge in [-0.3, -0.25) is 4.79 Å². The van der Waals surface area contributed by atoms with E-state index in [1.807, 2.05) is 24.3 Å². The van der Waals surface area contributed by atoms with Crippen LogP contribution in [0.4, 0.5) is 0 Å². The molecule has 0 saturated heterocycles. The molecule has 0 aliphatic rings. The van der Waals surface area contributed by atoms with Gasteiger partial charge in [0, 0.05) is 11.3 Å². The van der Waals surface area contributed by atoms with Gasteiger partial charge in [-0.05, 0) is 48.7 Å². The Bertz CT molecular complexity index is 860. The van der Waals surface area contributed by atoms with E-state index in [4.69, 9.17) is 0 Å². The molecule has 1 heterocycles. The number of hydrogen-bond acceptors (Lipinski definition) is 4. The van der Waals surface area contributed by atoms with E-state index in [1.165, 1.54) is 23.8 Å². The highest BCUT2D eigenvalue weighted by Gasteiger charge is 2.13. The molecule has 120 valence electrons. The summed E-state index contributed by atoms with van der Waals surface area (Å²) in [5.41, 5.74) is 2.68. The molecule has 0 spiro atoms. The summed E-state index contributed by atoms with van der Waals surface area (Å²) in [4.78, 5) is 16.9. The van der Waals surface area contributed by atoms with Gasteiger partial charge in [0.1, 0.15) is 5.69 Å². The molecule has 3 aromatic rings. The van der Waals surface area contributed by atoms with E-state index in [0.717, 1.165) is 18.5 Å². The van der Waals surface area contributed by atoms with Crippen molar-refractivity contribution in [3.05, 3.63) is 89.2 Å². The molecule has 0 saturated carbocycles. The van der Waals surface area contributed by atoms with Gasteiger partial charge in [-0.25, -0.2) is 4.98 Å². The Morgan fingerprint density at radius 3 is 2.38 bits per heavy atom. The molecule has 0 radical (unpaired) electrons. The minimum atomic E-state index is -0.318. The van der Waals surface area contributed by atoms with Crippen molar-refractivity contribution < 1.29 is 15.0 Å². The molecule has 4 nitrogen and oxygen atoms in total. The standard InChI is InChI=1S/C20H17NO3/c22-18-12-10-15(13-19(18)23)20(24)17-8-4-7-16(21-17)11-9-14-5-2-1-3-6-14/h1-8,10,12-13,22-23H,9,11H2. The highest BCUT2D eigenvalue weighted by atomic mass is 16.3. The smallest absolute Gasteiger partial charge is 0.211 e. The van der Waals surface area contributed by atoms with Crippen LogP contribution >= 0.6 is 0 Å². The van der Waals surface area contributed by atoms with Gasteiger partial charge >= 0.3 is 0 Å². The van der Waals surface area contributed by atoms with E-state index in [1.54, 1.807) is 12.1 Å². The van der Waals surface area contributed by atoms with Crippen LogP contribution in [0.2, 0.25) is 0 Å².